The molecule has 0 unspecified atom stereocenters. The highest BCUT2D eigenvalue weighted by atomic mass is 16.5. The van der Waals surface area contributed by atoms with Crippen LogP contribution in [0.1, 0.15) is 5.69 Å². The molecular formula is C21H20N4O2. The highest BCUT2D eigenvalue weighted by Crippen LogP contribution is 2.36. The molecule has 1 amide bonds. The van der Waals surface area contributed by atoms with Crippen molar-refractivity contribution in [2.75, 3.05) is 13.7 Å². The van der Waals surface area contributed by atoms with Crippen molar-refractivity contribution in [3.8, 4) is 28.1 Å². The lowest BCUT2D eigenvalue weighted by molar-refractivity contribution is -0.127. The van der Waals surface area contributed by atoms with Crippen molar-refractivity contribution in [3.63, 3.8) is 0 Å². The van der Waals surface area contributed by atoms with Gasteiger partial charge < -0.3 is 9.64 Å². The predicted octanol–water partition coefficient (Wildman–Crippen LogP) is 3.15. The summed E-state index contributed by atoms with van der Waals surface area (Å²) in [7, 11) is 1.65. The number of pyridine rings is 1. The summed E-state index contributed by atoms with van der Waals surface area (Å²) in [5.41, 5.74) is 4.99. The average molecular weight is 360 g/mol. The van der Waals surface area contributed by atoms with Gasteiger partial charge in [0.05, 0.1) is 25.9 Å². The summed E-state index contributed by atoms with van der Waals surface area (Å²) < 4.78 is 7.27. The van der Waals surface area contributed by atoms with Crippen LogP contribution in [-0.2, 0) is 17.9 Å². The Bertz CT molecular complexity index is 977. The van der Waals surface area contributed by atoms with Gasteiger partial charge in [0.2, 0.25) is 5.91 Å². The first-order valence-corrected chi connectivity index (χ1v) is 8.77. The zero-order valence-electron chi connectivity index (χ0n) is 15.1. The normalized spacial score (nSPS) is 13.1. The van der Waals surface area contributed by atoms with Crippen LogP contribution in [0, 0.1) is 0 Å². The first-order valence-electron chi connectivity index (χ1n) is 8.77. The first-order chi connectivity index (χ1) is 13.2. The standard InChI is InChI=1S/C21H20N4O2/c1-3-19(26)24-12-13-25-18(14-24)20(15-8-10-22-11-9-15)21(23-25)16-4-6-17(27-2)7-5-16/h3-11H,1,12-14H2,2H3. The van der Waals surface area contributed by atoms with Crippen molar-refractivity contribution in [3.05, 3.63) is 67.1 Å². The minimum absolute atomic E-state index is 0.0610. The molecule has 6 nitrogen and oxygen atoms in total. The molecule has 1 aliphatic rings. The lowest BCUT2D eigenvalue weighted by atomic mass is 9.99. The third-order valence-electron chi connectivity index (χ3n) is 4.80. The fourth-order valence-corrected chi connectivity index (χ4v) is 3.41. The van der Waals surface area contributed by atoms with Crippen LogP contribution in [0.2, 0.25) is 0 Å². The quantitative estimate of drug-likeness (QED) is 0.671. The Morgan fingerprint density at radius 3 is 2.52 bits per heavy atom. The molecule has 3 heterocycles. The van der Waals surface area contributed by atoms with Crippen LogP contribution in [0.4, 0.5) is 0 Å². The zero-order chi connectivity index (χ0) is 18.8. The number of hydrogen-bond donors (Lipinski definition) is 0. The van der Waals surface area contributed by atoms with E-state index in [1.807, 2.05) is 41.1 Å². The molecule has 0 N–H and O–H groups in total. The molecule has 0 saturated heterocycles. The van der Waals surface area contributed by atoms with Gasteiger partial charge in [-0.1, -0.05) is 6.58 Å². The van der Waals surface area contributed by atoms with Crippen LogP contribution in [0.15, 0.2) is 61.4 Å². The van der Waals surface area contributed by atoms with Crippen molar-refractivity contribution in [1.82, 2.24) is 19.7 Å². The molecule has 1 aliphatic heterocycles. The van der Waals surface area contributed by atoms with E-state index in [2.05, 4.69) is 11.6 Å². The van der Waals surface area contributed by atoms with Gasteiger partial charge in [-0.25, -0.2) is 0 Å². The maximum absolute atomic E-state index is 12.1. The van der Waals surface area contributed by atoms with Crippen molar-refractivity contribution in [2.24, 2.45) is 0 Å². The van der Waals surface area contributed by atoms with Gasteiger partial charge in [0.25, 0.3) is 0 Å². The Kier molecular flexibility index (Phi) is 4.46. The molecule has 0 spiro atoms. The average Bonchev–Trinajstić information content (AvgIpc) is 3.12. The van der Waals surface area contributed by atoms with Crippen LogP contribution in [-0.4, -0.2) is 39.2 Å². The molecular weight excluding hydrogens is 340 g/mol. The van der Waals surface area contributed by atoms with Crippen molar-refractivity contribution >= 4 is 5.91 Å². The summed E-state index contributed by atoms with van der Waals surface area (Å²) in [6.45, 7) is 5.39. The lowest BCUT2D eigenvalue weighted by Crippen LogP contribution is -2.37. The van der Waals surface area contributed by atoms with Crippen LogP contribution in [0.5, 0.6) is 5.75 Å². The summed E-state index contributed by atoms with van der Waals surface area (Å²) in [4.78, 5) is 18.1. The number of fused-ring (bicyclic) bond motifs is 1. The van der Waals surface area contributed by atoms with E-state index in [1.165, 1.54) is 6.08 Å². The third kappa shape index (κ3) is 3.10. The second-order valence-corrected chi connectivity index (χ2v) is 6.32. The third-order valence-corrected chi connectivity index (χ3v) is 4.80. The van der Waals surface area contributed by atoms with E-state index in [4.69, 9.17) is 9.84 Å². The molecule has 0 radical (unpaired) electrons. The highest BCUT2D eigenvalue weighted by Gasteiger charge is 2.27. The fraction of sp³-hybridized carbons (Fsp3) is 0.190. The Balaban J connectivity index is 1.86. The number of benzene rings is 1. The van der Waals surface area contributed by atoms with Gasteiger partial charge in [-0.15, -0.1) is 0 Å². The molecule has 3 aromatic rings. The summed E-state index contributed by atoms with van der Waals surface area (Å²) in [6.07, 6.45) is 4.90. The first kappa shape index (κ1) is 17.0. The summed E-state index contributed by atoms with van der Waals surface area (Å²) in [6, 6.07) is 11.8. The topological polar surface area (TPSA) is 60.2 Å². The molecule has 6 heteroatoms. The maximum atomic E-state index is 12.1. The number of aromatic nitrogens is 3. The predicted molar refractivity (Wildman–Crippen MR) is 103 cm³/mol. The van der Waals surface area contributed by atoms with Crippen LogP contribution in [0.3, 0.4) is 0 Å². The molecule has 0 atom stereocenters. The van der Waals surface area contributed by atoms with Crippen LogP contribution in [0.25, 0.3) is 22.4 Å². The molecule has 4 rings (SSSR count). The fourth-order valence-electron chi connectivity index (χ4n) is 3.41. The zero-order valence-corrected chi connectivity index (χ0v) is 15.1. The van der Waals surface area contributed by atoms with E-state index in [0.717, 1.165) is 33.8 Å². The number of amides is 1. The van der Waals surface area contributed by atoms with Gasteiger partial charge in [-0.05, 0) is 48.0 Å². The number of hydrogen-bond acceptors (Lipinski definition) is 4. The molecule has 1 aromatic carbocycles. The molecule has 27 heavy (non-hydrogen) atoms. The highest BCUT2D eigenvalue weighted by molar-refractivity contribution is 5.88. The van der Waals surface area contributed by atoms with Crippen LogP contribution >= 0.6 is 0 Å². The largest absolute Gasteiger partial charge is 0.497 e. The minimum atomic E-state index is -0.0610. The van der Waals surface area contributed by atoms with Crippen LogP contribution < -0.4 is 4.74 Å². The number of carbonyl (C=O) groups is 1. The summed E-state index contributed by atoms with van der Waals surface area (Å²) in [5.74, 6) is 0.741. The van der Waals surface area contributed by atoms with Gasteiger partial charge in [0.1, 0.15) is 11.4 Å². The number of carbonyl (C=O) groups excluding carboxylic acids is 1. The Hall–Kier alpha value is -3.41. The maximum Gasteiger partial charge on any atom is 0.246 e. The van der Waals surface area contributed by atoms with E-state index >= 15 is 0 Å². The lowest BCUT2D eigenvalue weighted by Gasteiger charge is -2.27. The number of rotatable bonds is 4. The SMILES string of the molecule is C=CC(=O)N1CCn2nc(-c3ccc(OC)cc3)c(-c3ccncc3)c2C1. The van der Waals surface area contributed by atoms with Crippen molar-refractivity contribution in [1.29, 1.82) is 0 Å². The molecule has 0 saturated carbocycles. The Labute approximate surface area is 157 Å². The van der Waals surface area contributed by atoms with Gasteiger partial charge in [0, 0.05) is 30.1 Å². The van der Waals surface area contributed by atoms with Crippen molar-refractivity contribution in [2.45, 2.75) is 13.1 Å². The van der Waals surface area contributed by atoms with E-state index in [0.29, 0.717) is 19.6 Å². The number of methoxy groups -OCH3 is 1. The second-order valence-electron chi connectivity index (χ2n) is 6.32. The monoisotopic (exact) mass is 360 g/mol. The van der Waals surface area contributed by atoms with Gasteiger partial charge in [-0.3, -0.25) is 14.5 Å². The minimum Gasteiger partial charge on any atom is -0.497 e. The Morgan fingerprint density at radius 1 is 1.11 bits per heavy atom. The second kappa shape index (κ2) is 7.07. The molecule has 0 fully saturated rings. The smallest absolute Gasteiger partial charge is 0.246 e. The van der Waals surface area contributed by atoms with E-state index in [1.54, 1.807) is 24.4 Å². The molecule has 136 valence electrons. The van der Waals surface area contributed by atoms with E-state index in [-0.39, 0.29) is 5.91 Å². The van der Waals surface area contributed by atoms with Crippen molar-refractivity contribution < 1.29 is 9.53 Å². The van der Waals surface area contributed by atoms with E-state index in [9.17, 15) is 4.79 Å². The summed E-state index contributed by atoms with van der Waals surface area (Å²) >= 11 is 0. The summed E-state index contributed by atoms with van der Waals surface area (Å²) in [5, 5.41) is 4.86. The Morgan fingerprint density at radius 2 is 1.85 bits per heavy atom. The molecule has 0 aliphatic carbocycles. The number of nitrogens with zero attached hydrogens (tertiary/aromatic N) is 4. The van der Waals surface area contributed by atoms with Gasteiger partial charge in [-0.2, -0.15) is 5.10 Å². The molecule has 0 bridgehead atoms. The van der Waals surface area contributed by atoms with E-state index < -0.39 is 0 Å². The number of ether oxygens (including phenoxy) is 1. The molecule has 2 aromatic heterocycles. The van der Waals surface area contributed by atoms with Gasteiger partial charge >= 0.3 is 0 Å². The van der Waals surface area contributed by atoms with Gasteiger partial charge in [0.15, 0.2) is 0 Å².